The van der Waals surface area contributed by atoms with E-state index in [9.17, 15) is 4.79 Å². The molecule has 3 atom stereocenters. The van der Waals surface area contributed by atoms with E-state index in [1.165, 1.54) is 19.3 Å². The van der Waals surface area contributed by atoms with Crippen LogP contribution in [0.25, 0.3) is 0 Å². The van der Waals surface area contributed by atoms with E-state index in [-0.39, 0.29) is 6.03 Å². The summed E-state index contributed by atoms with van der Waals surface area (Å²) in [7, 11) is 0. The van der Waals surface area contributed by atoms with Crippen LogP contribution in [0.1, 0.15) is 32.6 Å². The first-order valence-electron chi connectivity index (χ1n) is 5.30. The molecule has 3 heteroatoms. The smallest absolute Gasteiger partial charge is 0.315 e. The van der Waals surface area contributed by atoms with Crippen LogP contribution in [0.5, 0.6) is 0 Å². The highest BCUT2D eigenvalue weighted by Gasteiger charge is 2.44. The molecule has 3 unspecified atom stereocenters. The van der Waals surface area contributed by atoms with Gasteiger partial charge in [0.05, 0.1) is 0 Å². The summed E-state index contributed by atoms with van der Waals surface area (Å²) >= 11 is 0. The monoisotopic (exact) mass is 182 g/mol. The van der Waals surface area contributed by atoms with E-state index in [1.54, 1.807) is 0 Å². The van der Waals surface area contributed by atoms with E-state index in [4.69, 9.17) is 5.73 Å². The molecule has 2 N–H and O–H groups in total. The molecule has 1 aliphatic carbocycles. The first-order chi connectivity index (χ1) is 6.24. The minimum atomic E-state index is -0.221. The van der Waals surface area contributed by atoms with Crippen LogP contribution >= 0.6 is 0 Å². The van der Waals surface area contributed by atoms with Gasteiger partial charge in [-0.1, -0.05) is 13.3 Å². The highest BCUT2D eigenvalue weighted by molar-refractivity contribution is 5.72. The fraction of sp³-hybridized carbons (Fsp3) is 0.900. The fourth-order valence-electron chi connectivity index (χ4n) is 3.19. The Morgan fingerprint density at radius 2 is 2.31 bits per heavy atom. The van der Waals surface area contributed by atoms with Crippen LogP contribution in [0.4, 0.5) is 4.79 Å². The van der Waals surface area contributed by atoms with Crippen LogP contribution in [0, 0.1) is 11.8 Å². The summed E-state index contributed by atoms with van der Waals surface area (Å²) in [6.45, 7) is 3.07. The summed E-state index contributed by atoms with van der Waals surface area (Å²) in [6, 6.07) is 0.214. The summed E-state index contributed by atoms with van der Waals surface area (Å²) in [5.74, 6) is 1.50. The number of carbonyl (C=O) groups excluding carboxylic acids is 1. The minimum Gasteiger partial charge on any atom is -0.351 e. The number of nitrogens with two attached hydrogens (primary N) is 1. The lowest BCUT2D eigenvalue weighted by atomic mass is 9.93. The zero-order valence-electron chi connectivity index (χ0n) is 8.20. The van der Waals surface area contributed by atoms with E-state index < -0.39 is 0 Å². The molecule has 0 aromatic carbocycles. The quantitative estimate of drug-likeness (QED) is 0.657. The van der Waals surface area contributed by atoms with E-state index in [0.29, 0.717) is 6.04 Å². The van der Waals surface area contributed by atoms with Crippen molar-refractivity contribution >= 4 is 6.03 Å². The molecule has 3 nitrogen and oxygen atoms in total. The number of primary amides is 1. The predicted molar refractivity (Wildman–Crippen MR) is 51.2 cm³/mol. The first-order valence-corrected chi connectivity index (χ1v) is 5.30. The number of rotatable bonds is 1. The molecule has 0 aromatic rings. The Morgan fingerprint density at radius 1 is 1.54 bits per heavy atom. The molecule has 0 aromatic heterocycles. The molecule has 2 rings (SSSR count). The van der Waals surface area contributed by atoms with Crippen molar-refractivity contribution in [2.45, 2.75) is 38.6 Å². The molecule has 1 aliphatic heterocycles. The standard InChI is InChI=1S/C10H18N2O/c1-2-9-8-5-3-4-7(8)6-12(9)10(11)13/h7-9H,2-6H2,1H3,(H2,11,13). The van der Waals surface area contributed by atoms with Gasteiger partial charge >= 0.3 is 6.03 Å². The van der Waals surface area contributed by atoms with Crippen LogP contribution in [0.3, 0.4) is 0 Å². The Hall–Kier alpha value is -0.730. The second-order valence-electron chi connectivity index (χ2n) is 4.32. The maximum atomic E-state index is 11.2. The highest BCUT2D eigenvalue weighted by Crippen LogP contribution is 2.42. The maximum Gasteiger partial charge on any atom is 0.315 e. The van der Waals surface area contributed by atoms with Crippen LogP contribution < -0.4 is 5.73 Å². The molecule has 0 spiro atoms. The molecule has 2 amide bonds. The van der Waals surface area contributed by atoms with Gasteiger partial charge in [0, 0.05) is 12.6 Å². The van der Waals surface area contributed by atoms with E-state index in [1.807, 2.05) is 4.90 Å². The molecule has 13 heavy (non-hydrogen) atoms. The largest absolute Gasteiger partial charge is 0.351 e. The highest BCUT2D eigenvalue weighted by atomic mass is 16.2. The number of carbonyl (C=O) groups is 1. The number of amides is 2. The van der Waals surface area contributed by atoms with Crippen molar-refractivity contribution < 1.29 is 4.79 Å². The normalized spacial score (nSPS) is 37.9. The van der Waals surface area contributed by atoms with Crippen molar-refractivity contribution in [1.82, 2.24) is 4.90 Å². The third kappa shape index (κ3) is 1.30. The topological polar surface area (TPSA) is 46.3 Å². The van der Waals surface area contributed by atoms with Crippen molar-refractivity contribution in [2.24, 2.45) is 17.6 Å². The number of hydrogen-bond donors (Lipinski definition) is 1. The Kier molecular flexibility index (Phi) is 2.18. The van der Waals surface area contributed by atoms with Crippen LogP contribution in [0.2, 0.25) is 0 Å². The van der Waals surface area contributed by atoms with Gasteiger partial charge in [0.2, 0.25) is 0 Å². The molecule has 0 radical (unpaired) electrons. The molecule has 2 fully saturated rings. The molecule has 74 valence electrons. The number of hydrogen-bond acceptors (Lipinski definition) is 1. The van der Waals surface area contributed by atoms with Gasteiger partial charge in [0.25, 0.3) is 0 Å². The van der Waals surface area contributed by atoms with Gasteiger partial charge in [-0.3, -0.25) is 0 Å². The van der Waals surface area contributed by atoms with Crippen LogP contribution in [-0.2, 0) is 0 Å². The molecular weight excluding hydrogens is 164 g/mol. The zero-order valence-corrected chi connectivity index (χ0v) is 8.20. The molecule has 1 saturated heterocycles. The second kappa shape index (κ2) is 3.20. The first kappa shape index (κ1) is 8.85. The summed E-state index contributed by atoms with van der Waals surface area (Å²) < 4.78 is 0. The number of fused-ring (bicyclic) bond motifs is 1. The third-order valence-electron chi connectivity index (χ3n) is 3.74. The van der Waals surface area contributed by atoms with Gasteiger partial charge in [-0.05, 0) is 31.1 Å². The Bertz CT molecular complexity index is 217. The fourth-order valence-corrected chi connectivity index (χ4v) is 3.19. The van der Waals surface area contributed by atoms with Gasteiger partial charge in [0.1, 0.15) is 0 Å². The molecular formula is C10H18N2O. The second-order valence-corrected chi connectivity index (χ2v) is 4.32. The summed E-state index contributed by atoms with van der Waals surface area (Å²) in [5, 5.41) is 0. The Labute approximate surface area is 79.3 Å². The van der Waals surface area contributed by atoms with Gasteiger partial charge in [0.15, 0.2) is 0 Å². The molecule has 1 saturated carbocycles. The van der Waals surface area contributed by atoms with Crippen molar-refractivity contribution in [3.63, 3.8) is 0 Å². The lowest BCUT2D eigenvalue weighted by Crippen LogP contribution is -2.41. The van der Waals surface area contributed by atoms with E-state index in [2.05, 4.69) is 6.92 Å². The Balaban J connectivity index is 2.12. The van der Waals surface area contributed by atoms with E-state index >= 15 is 0 Å². The van der Waals surface area contributed by atoms with Gasteiger partial charge in [-0.2, -0.15) is 0 Å². The third-order valence-corrected chi connectivity index (χ3v) is 3.74. The van der Waals surface area contributed by atoms with Crippen molar-refractivity contribution in [3.05, 3.63) is 0 Å². The van der Waals surface area contributed by atoms with Gasteiger partial charge in [-0.25, -0.2) is 4.79 Å². The van der Waals surface area contributed by atoms with Crippen molar-refractivity contribution in [1.29, 1.82) is 0 Å². The average molecular weight is 182 g/mol. The summed E-state index contributed by atoms with van der Waals surface area (Å²) in [5.41, 5.74) is 5.35. The number of urea groups is 1. The van der Waals surface area contributed by atoms with E-state index in [0.717, 1.165) is 24.8 Å². The number of nitrogens with zero attached hydrogens (tertiary/aromatic N) is 1. The van der Waals surface area contributed by atoms with Gasteiger partial charge in [-0.15, -0.1) is 0 Å². The average Bonchev–Trinajstić information content (AvgIpc) is 2.60. The lowest BCUT2D eigenvalue weighted by Gasteiger charge is -2.24. The summed E-state index contributed by atoms with van der Waals surface area (Å²) in [6.07, 6.45) is 5.00. The molecule has 0 bridgehead atoms. The van der Waals surface area contributed by atoms with Crippen LogP contribution in [-0.4, -0.2) is 23.5 Å². The SMILES string of the molecule is CCC1C2CCCC2CN1C(N)=O. The maximum absolute atomic E-state index is 11.2. The van der Waals surface area contributed by atoms with Crippen molar-refractivity contribution in [3.8, 4) is 0 Å². The van der Waals surface area contributed by atoms with Gasteiger partial charge < -0.3 is 10.6 Å². The Morgan fingerprint density at radius 3 is 2.92 bits per heavy atom. The minimum absolute atomic E-state index is 0.221. The molecule has 2 aliphatic rings. The lowest BCUT2D eigenvalue weighted by molar-refractivity contribution is 0.191. The number of likely N-dealkylation sites (tertiary alicyclic amines) is 1. The molecule has 1 heterocycles. The zero-order chi connectivity index (χ0) is 9.42. The van der Waals surface area contributed by atoms with Crippen molar-refractivity contribution in [2.75, 3.05) is 6.54 Å². The summed E-state index contributed by atoms with van der Waals surface area (Å²) in [4.78, 5) is 13.0. The van der Waals surface area contributed by atoms with Crippen LogP contribution in [0.15, 0.2) is 0 Å². The predicted octanol–water partition coefficient (Wildman–Crippen LogP) is 1.58.